The number of benzene rings is 7. The van der Waals surface area contributed by atoms with Gasteiger partial charge in [0.25, 0.3) is 0 Å². The Morgan fingerprint density at radius 1 is 0.373 bits per heavy atom. The van der Waals surface area contributed by atoms with Crippen molar-refractivity contribution in [1.29, 1.82) is 0 Å². The molecular formula is C45H25N3O2S. The SMILES string of the molecule is c1ccc(-c2nc(-c3ccc4oc5ccc(-c6cccc7c6sc6ccccc67)cc5c4c3)nc(-c3cccc4oc5ccccc5c34)n2)cc1. The molecule has 7 aromatic carbocycles. The summed E-state index contributed by atoms with van der Waals surface area (Å²) in [6.07, 6.45) is 0. The Morgan fingerprint density at radius 3 is 1.82 bits per heavy atom. The molecular weight excluding hydrogens is 647 g/mol. The third kappa shape index (κ3) is 4.43. The highest BCUT2D eigenvalue weighted by Gasteiger charge is 2.19. The lowest BCUT2D eigenvalue weighted by Crippen LogP contribution is -2.00. The highest BCUT2D eigenvalue weighted by Crippen LogP contribution is 2.42. The van der Waals surface area contributed by atoms with E-state index in [0.29, 0.717) is 17.5 Å². The fraction of sp³-hybridized carbons (Fsp3) is 0. The van der Waals surface area contributed by atoms with Gasteiger partial charge in [0.15, 0.2) is 17.5 Å². The van der Waals surface area contributed by atoms with E-state index < -0.39 is 0 Å². The zero-order chi connectivity index (χ0) is 33.5. The van der Waals surface area contributed by atoms with E-state index in [2.05, 4.69) is 78.9 Å². The summed E-state index contributed by atoms with van der Waals surface area (Å²) in [7, 11) is 0. The Labute approximate surface area is 295 Å². The Morgan fingerprint density at radius 2 is 0.961 bits per heavy atom. The number of rotatable bonds is 4. The van der Waals surface area contributed by atoms with Gasteiger partial charge >= 0.3 is 0 Å². The van der Waals surface area contributed by atoms with E-state index in [1.54, 1.807) is 0 Å². The number of fused-ring (bicyclic) bond motifs is 9. The molecule has 0 bridgehead atoms. The van der Waals surface area contributed by atoms with Crippen molar-refractivity contribution in [2.45, 2.75) is 0 Å². The highest BCUT2D eigenvalue weighted by molar-refractivity contribution is 7.26. The van der Waals surface area contributed by atoms with Gasteiger partial charge in [0.05, 0.1) is 0 Å². The highest BCUT2D eigenvalue weighted by atomic mass is 32.1. The van der Waals surface area contributed by atoms with Crippen molar-refractivity contribution in [3.05, 3.63) is 152 Å². The van der Waals surface area contributed by atoms with Crippen LogP contribution >= 0.6 is 11.3 Å². The number of thiophene rings is 1. The molecule has 0 amide bonds. The standard InChI is InChI=1S/C45H25N3O2S/c1-2-10-26(11-3-1)43-46-44(48-45(47-43)33-16-9-18-39-41(33)32-13-4-6-17-36(32)50-39)28-21-23-38-35(25-28)34-24-27(20-22-37(34)49-38)29-14-8-15-31-30-12-5-7-19-40(30)51-42(29)31/h1-25H. The lowest BCUT2D eigenvalue weighted by Gasteiger charge is -2.09. The summed E-state index contributed by atoms with van der Waals surface area (Å²) < 4.78 is 15.2. The van der Waals surface area contributed by atoms with Gasteiger partial charge in [-0.2, -0.15) is 0 Å². The van der Waals surface area contributed by atoms with Crippen LogP contribution in [-0.2, 0) is 0 Å². The molecule has 0 saturated carbocycles. The summed E-state index contributed by atoms with van der Waals surface area (Å²) >= 11 is 1.84. The predicted molar refractivity (Wildman–Crippen MR) is 209 cm³/mol. The topological polar surface area (TPSA) is 65.0 Å². The fourth-order valence-electron chi connectivity index (χ4n) is 7.36. The largest absolute Gasteiger partial charge is 0.456 e. The molecule has 51 heavy (non-hydrogen) atoms. The first-order valence-corrected chi connectivity index (χ1v) is 17.7. The maximum Gasteiger partial charge on any atom is 0.164 e. The zero-order valence-electron chi connectivity index (χ0n) is 27.0. The number of para-hydroxylation sites is 1. The first-order chi connectivity index (χ1) is 25.2. The second kappa shape index (κ2) is 10.9. The molecule has 11 aromatic rings. The van der Waals surface area contributed by atoms with Crippen LogP contribution in [0.2, 0.25) is 0 Å². The molecule has 0 aliphatic carbocycles. The summed E-state index contributed by atoms with van der Waals surface area (Å²) in [4.78, 5) is 15.2. The van der Waals surface area contributed by atoms with E-state index >= 15 is 0 Å². The van der Waals surface area contributed by atoms with Crippen LogP contribution in [0.4, 0.5) is 0 Å². The molecule has 0 saturated heterocycles. The van der Waals surface area contributed by atoms with Gasteiger partial charge in [-0.3, -0.25) is 0 Å². The smallest absolute Gasteiger partial charge is 0.164 e. The van der Waals surface area contributed by atoms with Gasteiger partial charge < -0.3 is 8.83 Å². The van der Waals surface area contributed by atoms with Gasteiger partial charge in [0.2, 0.25) is 0 Å². The molecule has 0 atom stereocenters. The average Bonchev–Trinajstić information content (AvgIpc) is 3.89. The summed E-state index contributed by atoms with van der Waals surface area (Å²) in [6, 6.07) is 52.1. The number of hydrogen-bond acceptors (Lipinski definition) is 6. The molecule has 4 heterocycles. The van der Waals surface area contributed by atoms with Crippen LogP contribution in [0.5, 0.6) is 0 Å². The van der Waals surface area contributed by atoms with Gasteiger partial charge in [-0.25, -0.2) is 15.0 Å². The third-order valence-corrected chi connectivity index (χ3v) is 11.0. The molecule has 5 nitrogen and oxygen atoms in total. The van der Waals surface area contributed by atoms with E-state index in [4.69, 9.17) is 23.8 Å². The van der Waals surface area contributed by atoms with E-state index in [0.717, 1.165) is 66.1 Å². The number of aromatic nitrogens is 3. The van der Waals surface area contributed by atoms with Crippen molar-refractivity contribution in [1.82, 2.24) is 15.0 Å². The summed E-state index contributed by atoms with van der Waals surface area (Å²) in [5.41, 5.74) is 8.36. The minimum atomic E-state index is 0.589. The quantitative estimate of drug-likeness (QED) is 0.186. The average molecular weight is 672 g/mol. The summed E-state index contributed by atoms with van der Waals surface area (Å²) in [5.74, 6) is 1.79. The maximum absolute atomic E-state index is 6.38. The van der Waals surface area contributed by atoms with Gasteiger partial charge in [0, 0.05) is 58.4 Å². The van der Waals surface area contributed by atoms with Crippen molar-refractivity contribution in [3.8, 4) is 45.3 Å². The second-order valence-corrected chi connectivity index (χ2v) is 13.8. The van der Waals surface area contributed by atoms with E-state index in [1.807, 2.05) is 84.1 Å². The molecule has 0 unspecified atom stereocenters. The summed E-state index contributed by atoms with van der Waals surface area (Å²) in [6.45, 7) is 0. The van der Waals surface area contributed by atoms with Gasteiger partial charge in [-0.1, -0.05) is 103 Å². The van der Waals surface area contributed by atoms with Crippen molar-refractivity contribution < 1.29 is 8.83 Å². The molecule has 0 aliphatic rings. The van der Waals surface area contributed by atoms with Gasteiger partial charge in [-0.15, -0.1) is 11.3 Å². The molecule has 0 spiro atoms. The molecule has 238 valence electrons. The molecule has 0 fully saturated rings. The predicted octanol–water partition coefficient (Wildman–Crippen LogP) is 12.7. The van der Waals surface area contributed by atoms with Crippen LogP contribution in [0.15, 0.2) is 160 Å². The van der Waals surface area contributed by atoms with Crippen molar-refractivity contribution >= 4 is 75.4 Å². The van der Waals surface area contributed by atoms with Crippen LogP contribution in [0.1, 0.15) is 0 Å². The maximum atomic E-state index is 6.38. The van der Waals surface area contributed by atoms with E-state index in [1.165, 1.54) is 25.7 Å². The lowest BCUT2D eigenvalue weighted by molar-refractivity contribution is 0.668. The summed E-state index contributed by atoms with van der Waals surface area (Å²) in [5, 5.41) is 6.66. The van der Waals surface area contributed by atoms with Crippen LogP contribution in [0.25, 0.3) is 109 Å². The minimum absolute atomic E-state index is 0.589. The van der Waals surface area contributed by atoms with Gasteiger partial charge in [0.1, 0.15) is 22.3 Å². The van der Waals surface area contributed by atoms with Crippen molar-refractivity contribution in [2.24, 2.45) is 0 Å². The molecule has 0 N–H and O–H groups in total. The first kappa shape index (κ1) is 28.2. The fourth-order valence-corrected chi connectivity index (χ4v) is 8.60. The zero-order valence-corrected chi connectivity index (χ0v) is 27.8. The number of nitrogens with zero attached hydrogens (tertiary/aromatic N) is 3. The molecule has 0 aliphatic heterocycles. The Bertz CT molecular complexity index is 3160. The number of furan rings is 2. The van der Waals surface area contributed by atoms with Crippen molar-refractivity contribution in [3.63, 3.8) is 0 Å². The first-order valence-electron chi connectivity index (χ1n) is 16.8. The number of hydrogen-bond donors (Lipinski definition) is 0. The van der Waals surface area contributed by atoms with Crippen LogP contribution in [0.3, 0.4) is 0 Å². The molecule has 6 heteroatoms. The lowest BCUT2D eigenvalue weighted by atomic mass is 10.00. The third-order valence-electron chi connectivity index (χ3n) is 9.75. The van der Waals surface area contributed by atoms with Crippen LogP contribution in [-0.4, -0.2) is 15.0 Å². The van der Waals surface area contributed by atoms with E-state index in [9.17, 15) is 0 Å². The van der Waals surface area contributed by atoms with E-state index in [-0.39, 0.29) is 0 Å². The molecule has 0 radical (unpaired) electrons. The molecule has 4 aromatic heterocycles. The normalized spacial score (nSPS) is 11.9. The van der Waals surface area contributed by atoms with Crippen LogP contribution < -0.4 is 0 Å². The van der Waals surface area contributed by atoms with Crippen LogP contribution in [0, 0.1) is 0 Å². The second-order valence-electron chi connectivity index (χ2n) is 12.8. The Balaban J connectivity index is 1.10. The minimum Gasteiger partial charge on any atom is -0.456 e. The van der Waals surface area contributed by atoms with Crippen molar-refractivity contribution in [2.75, 3.05) is 0 Å². The van der Waals surface area contributed by atoms with Gasteiger partial charge in [-0.05, 0) is 59.7 Å². The molecule has 11 rings (SSSR count). The monoisotopic (exact) mass is 671 g/mol. The Kier molecular flexibility index (Phi) is 6.05. The Hall–Kier alpha value is -6.63.